The predicted molar refractivity (Wildman–Crippen MR) is 115 cm³/mol. The van der Waals surface area contributed by atoms with Crippen molar-refractivity contribution >= 4 is 37.5 Å². The fourth-order valence-corrected chi connectivity index (χ4v) is 6.07. The molecular formula is C21H22BrNO2S2. The molecule has 6 heteroatoms. The van der Waals surface area contributed by atoms with E-state index in [0.717, 1.165) is 33.5 Å². The molecule has 0 radical (unpaired) electrons. The zero-order valence-corrected chi connectivity index (χ0v) is 18.8. The van der Waals surface area contributed by atoms with E-state index in [4.69, 9.17) is 0 Å². The average molecular weight is 464 g/mol. The molecule has 0 unspecified atom stereocenters. The number of aromatic nitrogens is 1. The van der Waals surface area contributed by atoms with Crippen LogP contribution in [0.1, 0.15) is 22.3 Å². The summed E-state index contributed by atoms with van der Waals surface area (Å²) in [4.78, 5) is 4.57. The normalized spacial score (nSPS) is 11.7. The number of hydrogen-bond donors (Lipinski definition) is 1. The average Bonchev–Trinajstić information content (AvgIpc) is 2.92. The van der Waals surface area contributed by atoms with E-state index in [2.05, 4.69) is 52.1 Å². The first-order chi connectivity index (χ1) is 12.8. The molecule has 1 N–H and O–H groups in total. The lowest BCUT2D eigenvalue weighted by Crippen LogP contribution is -2.04. The summed E-state index contributed by atoms with van der Waals surface area (Å²) in [5.74, 6) is 0.879. The molecule has 0 atom stereocenters. The molecule has 3 aromatic rings. The van der Waals surface area contributed by atoms with Crippen molar-refractivity contribution in [3.63, 3.8) is 0 Å². The van der Waals surface area contributed by atoms with Gasteiger partial charge in [-0.2, -0.15) is 0 Å². The highest BCUT2D eigenvalue weighted by atomic mass is 79.9. The summed E-state index contributed by atoms with van der Waals surface area (Å²) in [7, 11) is -3.56. The largest absolute Gasteiger partial charge is 0.340 e. The van der Waals surface area contributed by atoms with Gasteiger partial charge in [0.2, 0.25) is 9.84 Å². The van der Waals surface area contributed by atoms with Gasteiger partial charge in [0.25, 0.3) is 0 Å². The van der Waals surface area contributed by atoms with Gasteiger partial charge >= 0.3 is 0 Å². The van der Waals surface area contributed by atoms with Crippen LogP contribution < -0.4 is 0 Å². The molecule has 0 saturated heterocycles. The number of thioether (sulfide) groups is 1. The summed E-state index contributed by atoms with van der Waals surface area (Å²) in [5.41, 5.74) is 4.08. The fourth-order valence-electron chi connectivity index (χ4n) is 2.88. The Kier molecular flexibility index (Phi) is 6.18. The first-order valence-electron chi connectivity index (χ1n) is 8.67. The Balaban J connectivity index is 1.79. The number of halogens is 1. The van der Waals surface area contributed by atoms with Crippen molar-refractivity contribution in [3.8, 4) is 0 Å². The molecule has 3 rings (SSSR count). The predicted octanol–water partition coefficient (Wildman–Crippen LogP) is 5.87. The van der Waals surface area contributed by atoms with Crippen molar-refractivity contribution in [2.75, 3.05) is 5.75 Å². The van der Waals surface area contributed by atoms with Crippen molar-refractivity contribution in [2.45, 2.75) is 42.0 Å². The number of rotatable bonds is 6. The van der Waals surface area contributed by atoms with Gasteiger partial charge in [0, 0.05) is 10.6 Å². The van der Waals surface area contributed by atoms with Crippen LogP contribution in [0.2, 0.25) is 0 Å². The van der Waals surface area contributed by atoms with Crippen LogP contribution >= 0.6 is 27.7 Å². The van der Waals surface area contributed by atoms with Crippen molar-refractivity contribution < 1.29 is 8.42 Å². The van der Waals surface area contributed by atoms with Crippen molar-refractivity contribution in [3.05, 3.63) is 75.4 Å². The van der Waals surface area contributed by atoms with Crippen LogP contribution in [-0.4, -0.2) is 19.2 Å². The summed E-state index contributed by atoms with van der Waals surface area (Å²) in [6.45, 7) is 5.88. The molecule has 3 nitrogen and oxygen atoms in total. The third-order valence-electron chi connectivity index (χ3n) is 4.52. The minimum absolute atomic E-state index is 0.272. The quantitative estimate of drug-likeness (QED) is 0.464. The Bertz CT molecular complexity index is 1040. The lowest BCUT2D eigenvalue weighted by molar-refractivity contribution is 0.592. The standard InChI is InChI=1S/C21H22BrNO2S2/c1-14-4-8-17(9-5-14)26-13-12-19-16(3)21(23-20(19)22)27(24,25)18-10-6-15(2)7-11-18/h4-11,23H,12-13H2,1-3H3. The summed E-state index contributed by atoms with van der Waals surface area (Å²) >= 11 is 5.28. The van der Waals surface area contributed by atoms with Gasteiger partial charge in [-0.3, -0.25) is 0 Å². The minimum atomic E-state index is -3.56. The second-order valence-electron chi connectivity index (χ2n) is 6.60. The molecule has 1 aromatic heterocycles. The maximum absolute atomic E-state index is 13.0. The minimum Gasteiger partial charge on any atom is -0.340 e. The van der Waals surface area contributed by atoms with E-state index in [9.17, 15) is 8.42 Å². The number of H-pyrrole nitrogens is 1. The van der Waals surface area contributed by atoms with Crippen LogP contribution in [0.3, 0.4) is 0 Å². The van der Waals surface area contributed by atoms with Crippen molar-refractivity contribution in [1.29, 1.82) is 0 Å². The Labute approximate surface area is 173 Å². The molecule has 1 heterocycles. The topological polar surface area (TPSA) is 49.9 Å². The van der Waals surface area contributed by atoms with Crippen LogP contribution in [0.4, 0.5) is 0 Å². The SMILES string of the molecule is Cc1ccc(SCCc2c(Br)[nH]c(S(=O)(=O)c3ccc(C)cc3)c2C)cc1. The van der Waals surface area contributed by atoms with E-state index >= 15 is 0 Å². The highest BCUT2D eigenvalue weighted by molar-refractivity contribution is 9.10. The van der Waals surface area contributed by atoms with Crippen LogP contribution in [0.15, 0.2) is 68.0 Å². The first-order valence-corrected chi connectivity index (χ1v) is 11.9. The van der Waals surface area contributed by atoms with Gasteiger partial charge in [0.1, 0.15) is 5.03 Å². The molecule has 0 aliphatic heterocycles. The van der Waals surface area contributed by atoms with Gasteiger partial charge in [0.05, 0.1) is 9.50 Å². The summed E-state index contributed by atoms with van der Waals surface area (Å²) in [5, 5.41) is 0.272. The number of benzene rings is 2. The number of hydrogen-bond acceptors (Lipinski definition) is 3. The monoisotopic (exact) mass is 463 g/mol. The molecule has 142 valence electrons. The van der Waals surface area contributed by atoms with E-state index in [1.807, 2.05) is 26.0 Å². The summed E-state index contributed by atoms with van der Waals surface area (Å²) < 4.78 is 26.7. The molecule has 0 aliphatic rings. The number of aromatic amines is 1. The Hall–Kier alpha value is -1.50. The van der Waals surface area contributed by atoms with Crippen LogP contribution in [0.5, 0.6) is 0 Å². The molecule has 0 amide bonds. The van der Waals surface area contributed by atoms with E-state index in [1.165, 1.54) is 10.5 Å². The van der Waals surface area contributed by atoms with Crippen LogP contribution in [0, 0.1) is 20.8 Å². The maximum Gasteiger partial charge on any atom is 0.222 e. The van der Waals surface area contributed by atoms with Gasteiger partial charge in [-0.25, -0.2) is 8.42 Å². The number of sulfone groups is 1. The van der Waals surface area contributed by atoms with Crippen LogP contribution in [-0.2, 0) is 16.3 Å². The summed E-state index contributed by atoms with van der Waals surface area (Å²) in [6, 6.07) is 15.4. The molecule has 0 spiro atoms. The Morgan fingerprint density at radius 2 is 1.48 bits per heavy atom. The van der Waals surface area contributed by atoms with E-state index in [1.54, 1.807) is 23.9 Å². The van der Waals surface area contributed by atoms with Crippen molar-refractivity contribution in [1.82, 2.24) is 4.98 Å². The van der Waals surface area contributed by atoms with E-state index in [0.29, 0.717) is 4.90 Å². The number of nitrogens with one attached hydrogen (secondary N) is 1. The molecule has 27 heavy (non-hydrogen) atoms. The fraction of sp³-hybridized carbons (Fsp3) is 0.238. The van der Waals surface area contributed by atoms with Gasteiger partial charge in [-0.1, -0.05) is 35.4 Å². The van der Waals surface area contributed by atoms with Gasteiger partial charge in [-0.15, -0.1) is 11.8 Å². The van der Waals surface area contributed by atoms with E-state index < -0.39 is 9.84 Å². The third-order valence-corrected chi connectivity index (χ3v) is 8.05. The van der Waals surface area contributed by atoms with Gasteiger partial charge in [0.15, 0.2) is 0 Å². The molecule has 0 saturated carbocycles. The Morgan fingerprint density at radius 1 is 0.926 bits per heavy atom. The van der Waals surface area contributed by atoms with Gasteiger partial charge < -0.3 is 4.98 Å². The second-order valence-corrected chi connectivity index (χ2v) is 10.4. The Morgan fingerprint density at radius 3 is 2.07 bits per heavy atom. The molecule has 0 fully saturated rings. The first kappa shape index (κ1) is 20.2. The zero-order chi connectivity index (χ0) is 19.6. The smallest absolute Gasteiger partial charge is 0.222 e. The van der Waals surface area contributed by atoms with Gasteiger partial charge in [-0.05, 0) is 78.5 Å². The van der Waals surface area contributed by atoms with Crippen molar-refractivity contribution in [2.24, 2.45) is 0 Å². The molecular weight excluding hydrogens is 442 g/mol. The second kappa shape index (κ2) is 8.25. The molecule has 0 bridgehead atoms. The number of aryl methyl sites for hydroxylation is 2. The lowest BCUT2D eigenvalue weighted by atomic mass is 10.2. The summed E-state index contributed by atoms with van der Waals surface area (Å²) in [6.07, 6.45) is 0.783. The molecule has 0 aliphatic carbocycles. The zero-order valence-electron chi connectivity index (χ0n) is 15.5. The molecule has 2 aromatic carbocycles. The lowest BCUT2D eigenvalue weighted by Gasteiger charge is -2.06. The highest BCUT2D eigenvalue weighted by Gasteiger charge is 2.25. The maximum atomic E-state index is 13.0. The van der Waals surface area contributed by atoms with E-state index in [-0.39, 0.29) is 5.03 Å². The van der Waals surface area contributed by atoms with Crippen LogP contribution in [0.25, 0.3) is 0 Å². The third kappa shape index (κ3) is 4.50. The highest BCUT2D eigenvalue weighted by Crippen LogP contribution is 2.32.